The Morgan fingerprint density at radius 2 is 1.02 bits per heavy atom. The van der Waals surface area contributed by atoms with Gasteiger partial charge in [0.2, 0.25) is 0 Å². The number of hydrogen-bond acceptors (Lipinski definition) is 3. The number of anilines is 3. The summed E-state index contributed by atoms with van der Waals surface area (Å²) in [7, 11) is 0. The predicted octanol–water partition coefficient (Wildman–Crippen LogP) is 14.2. The highest BCUT2D eigenvalue weighted by Gasteiger charge is 2.18. The molecule has 0 atom stereocenters. The van der Waals surface area contributed by atoms with Crippen molar-refractivity contribution in [3.63, 3.8) is 0 Å². The lowest BCUT2D eigenvalue weighted by molar-refractivity contribution is 0.669. The van der Waals surface area contributed by atoms with Gasteiger partial charge >= 0.3 is 0 Å². The smallest absolute Gasteiger partial charge is 0.137 e. The third-order valence-corrected chi connectivity index (χ3v) is 11.5. The number of fused-ring (bicyclic) bond motifs is 9. The highest BCUT2D eigenvalue weighted by Crippen LogP contribution is 2.43. The molecule has 0 radical (unpaired) electrons. The van der Waals surface area contributed by atoms with Crippen LogP contribution in [0, 0.1) is 0 Å². The molecule has 0 saturated heterocycles. The summed E-state index contributed by atoms with van der Waals surface area (Å²) in [5.74, 6) is 0. The Morgan fingerprint density at radius 1 is 0.385 bits per heavy atom. The largest absolute Gasteiger partial charge is 0.456 e. The first-order chi connectivity index (χ1) is 25.8. The number of para-hydroxylation sites is 3. The first kappa shape index (κ1) is 29.1. The zero-order valence-corrected chi connectivity index (χ0v) is 28.8. The molecule has 0 aliphatic rings. The topological polar surface area (TPSA) is 21.3 Å². The Hall–Kier alpha value is -6.62. The summed E-state index contributed by atoms with van der Waals surface area (Å²) in [6.45, 7) is 0. The summed E-state index contributed by atoms with van der Waals surface area (Å²) in [4.78, 5) is 2.35. The van der Waals surface area contributed by atoms with Gasteiger partial charge in [0, 0.05) is 70.5 Å². The normalized spacial score (nSPS) is 11.8. The van der Waals surface area contributed by atoms with E-state index in [1.807, 2.05) is 23.5 Å². The van der Waals surface area contributed by atoms with Crippen LogP contribution in [0.3, 0.4) is 0 Å². The van der Waals surface area contributed by atoms with Crippen molar-refractivity contribution in [3.8, 4) is 16.8 Å². The molecule has 52 heavy (non-hydrogen) atoms. The van der Waals surface area contributed by atoms with Crippen LogP contribution in [0.1, 0.15) is 0 Å². The minimum Gasteiger partial charge on any atom is -0.456 e. The Kier molecular flexibility index (Phi) is 6.42. The minimum atomic E-state index is 0.880. The second-order valence-electron chi connectivity index (χ2n) is 13.4. The van der Waals surface area contributed by atoms with Crippen molar-refractivity contribution in [1.29, 1.82) is 0 Å². The molecule has 3 aromatic heterocycles. The van der Waals surface area contributed by atoms with E-state index in [9.17, 15) is 0 Å². The molecule has 0 spiro atoms. The fraction of sp³-hybridized carbons (Fsp3) is 0. The zero-order chi connectivity index (χ0) is 34.2. The third kappa shape index (κ3) is 4.51. The van der Waals surface area contributed by atoms with Crippen molar-refractivity contribution in [2.24, 2.45) is 0 Å². The number of benzene rings is 8. The van der Waals surface area contributed by atoms with Gasteiger partial charge < -0.3 is 13.9 Å². The Labute approximate surface area is 303 Å². The molecule has 0 bridgehead atoms. The average molecular weight is 683 g/mol. The summed E-state index contributed by atoms with van der Waals surface area (Å²) in [5.41, 5.74) is 11.0. The number of furan rings is 1. The molecule has 4 heteroatoms. The lowest BCUT2D eigenvalue weighted by Crippen LogP contribution is -2.09. The third-order valence-electron chi connectivity index (χ3n) is 10.4. The number of aromatic nitrogens is 1. The van der Waals surface area contributed by atoms with E-state index < -0.39 is 0 Å². The van der Waals surface area contributed by atoms with Crippen LogP contribution in [0.2, 0.25) is 0 Å². The molecule has 0 aliphatic heterocycles. The van der Waals surface area contributed by atoms with E-state index >= 15 is 0 Å². The number of rotatable bonds is 5. The van der Waals surface area contributed by atoms with Crippen molar-refractivity contribution in [2.75, 3.05) is 4.90 Å². The standard InChI is InChI=1S/C48H30N2OS/c1-2-10-33(11-3-1)50-43-15-7-4-12-37(43)41-28-32(20-26-44(41)50)31-18-21-34(22-19-31)49(35-24-27-48-42(29-35)40-14-6-9-17-47(40)52-48)36-23-25-39-38-13-5-8-16-45(38)51-46(39)30-36/h1-30H. The van der Waals surface area contributed by atoms with Gasteiger partial charge in [-0.3, -0.25) is 0 Å². The van der Waals surface area contributed by atoms with Gasteiger partial charge in [-0.25, -0.2) is 0 Å². The molecule has 0 saturated carbocycles. The van der Waals surface area contributed by atoms with Gasteiger partial charge in [-0.15, -0.1) is 11.3 Å². The van der Waals surface area contributed by atoms with Crippen molar-refractivity contribution in [2.45, 2.75) is 0 Å². The molecule has 0 aliphatic carbocycles. The van der Waals surface area contributed by atoms with Crippen LogP contribution in [-0.2, 0) is 0 Å². The molecule has 0 amide bonds. The van der Waals surface area contributed by atoms with Gasteiger partial charge in [0.15, 0.2) is 0 Å². The van der Waals surface area contributed by atoms with E-state index in [1.165, 1.54) is 58.8 Å². The summed E-state index contributed by atoms with van der Waals surface area (Å²) in [5, 5.41) is 7.32. The molecular weight excluding hydrogens is 653 g/mol. The molecule has 0 unspecified atom stereocenters. The predicted molar refractivity (Wildman–Crippen MR) is 221 cm³/mol. The van der Waals surface area contributed by atoms with Crippen LogP contribution in [-0.4, -0.2) is 4.57 Å². The van der Waals surface area contributed by atoms with Crippen LogP contribution in [0.15, 0.2) is 186 Å². The molecular formula is C48H30N2OS. The van der Waals surface area contributed by atoms with Gasteiger partial charge in [-0.2, -0.15) is 0 Å². The van der Waals surface area contributed by atoms with Crippen molar-refractivity contribution >= 4 is 92.3 Å². The number of hydrogen-bond donors (Lipinski definition) is 0. The summed E-state index contributed by atoms with van der Waals surface area (Å²) in [6, 6.07) is 65.5. The van der Waals surface area contributed by atoms with Crippen LogP contribution in [0.4, 0.5) is 17.1 Å². The Morgan fingerprint density at radius 3 is 1.90 bits per heavy atom. The number of nitrogens with zero attached hydrogens (tertiary/aromatic N) is 2. The SMILES string of the molecule is c1ccc(-n2c3ccccc3c3cc(-c4ccc(N(c5ccc6c(c5)oc5ccccc56)c5ccc6sc7ccccc7c6c5)cc4)ccc32)cc1. The molecule has 3 nitrogen and oxygen atoms in total. The second-order valence-corrected chi connectivity index (χ2v) is 14.4. The molecule has 244 valence electrons. The quantitative estimate of drug-likeness (QED) is 0.180. The number of thiophene rings is 1. The average Bonchev–Trinajstić information content (AvgIpc) is 3.87. The highest BCUT2D eigenvalue weighted by atomic mass is 32.1. The summed E-state index contributed by atoms with van der Waals surface area (Å²) < 4.78 is 11.3. The monoisotopic (exact) mass is 682 g/mol. The fourth-order valence-corrected chi connectivity index (χ4v) is 9.05. The first-order valence-electron chi connectivity index (χ1n) is 17.6. The van der Waals surface area contributed by atoms with Gasteiger partial charge in [-0.1, -0.05) is 91.0 Å². The van der Waals surface area contributed by atoms with Gasteiger partial charge in [-0.05, 0) is 96.1 Å². The van der Waals surface area contributed by atoms with Crippen LogP contribution < -0.4 is 4.90 Å². The highest BCUT2D eigenvalue weighted by molar-refractivity contribution is 7.25. The van der Waals surface area contributed by atoms with E-state index in [-0.39, 0.29) is 0 Å². The molecule has 0 fully saturated rings. The Bertz CT molecular complexity index is 3130. The van der Waals surface area contributed by atoms with Gasteiger partial charge in [0.25, 0.3) is 0 Å². The molecule has 11 rings (SSSR count). The van der Waals surface area contributed by atoms with Crippen molar-refractivity contribution in [3.05, 3.63) is 182 Å². The molecule has 0 N–H and O–H groups in total. The van der Waals surface area contributed by atoms with E-state index in [0.29, 0.717) is 0 Å². The molecule has 11 aromatic rings. The van der Waals surface area contributed by atoms with E-state index in [2.05, 4.69) is 179 Å². The summed E-state index contributed by atoms with van der Waals surface area (Å²) in [6.07, 6.45) is 0. The first-order valence-corrected chi connectivity index (χ1v) is 18.4. The lowest BCUT2D eigenvalue weighted by Gasteiger charge is -2.26. The molecule has 3 heterocycles. The fourth-order valence-electron chi connectivity index (χ4n) is 7.96. The van der Waals surface area contributed by atoms with Crippen LogP contribution in [0.5, 0.6) is 0 Å². The van der Waals surface area contributed by atoms with Crippen molar-refractivity contribution in [1.82, 2.24) is 4.57 Å². The Balaban J connectivity index is 1.05. The maximum Gasteiger partial charge on any atom is 0.137 e. The van der Waals surface area contributed by atoms with E-state index in [0.717, 1.165) is 39.0 Å². The maximum absolute atomic E-state index is 6.38. The lowest BCUT2D eigenvalue weighted by atomic mass is 10.0. The minimum absolute atomic E-state index is 0.880. The summed E-state index contributed by atoms with van der Waals surface area (Å²) >= 11 is 1.84. The van der Waals surface area contributed by atoms with E-state index in [1.54, 1.807) is 0 Å². The zero-order valence-electron chi connectivity index (χ0n) is 28.0. The van der Waals surface area contributed by atoms with E-state index in [4.69, 9.17) is 4.42 Å². The second kappa shape index (κ2) is 11.5. The van der Waals surface area contributed by atoms with Crippen molar-refractivity contribution < 1.29 is 4.42 Å². The van der Waals surface area contributed by atoms with Gasteiger partial charge in [0.1, 0.15) is 11.2 Å². The van der Waals surface area contributed by atoms with Gasteiger partial charge in [0.05, 0.1) is 11.0 Å². The maximum atomic E-state index is 6.38. The molecule has 8 aromatic carbocycles. The van der Waals surface area contributed by atoms with Crippen LogP contribution >= 0.6 is 11.3 Å². The van der Waals surface area contributed by atoms with Crippen LogP contribution in [0.25, 0.3) is 80.7 Å².